The molecule has 2 rings (SSSR count). The number of aryl methyl sites for hydroxylation is 2. The second-order valence-corrected chi connectivity index (χ2v) is 5.41. The zero-order valence-corrected chi connectivity index (χ0v) is 13.4. The van der Waals surface area contributed by atoms with Gasteiger partial charge in [0, 0.05) is 5.56 Å². The Balaban J connectivity index is 2.14. The Morgan fingerprint density at radius 3 is 2.42 bits per heavy atom. The number of benzene rings is 2. The van der Waals surface area contributed by atoms with Crippen LogP contribution in [0.2, 0.25) is 0 Å². The summed E-state index contributed by atoms with van der Waals surface area (Å²) in [5, 5.41) is 18.4. The maximum absolute atomic E-state index is 12.2. The first-order valence-corrected chi connectivity index (χ1v) is 7.34. The van der Waals surface area contributed by atoms with Crippen molar-refractivity contribution in [3.8, 4) is 11.5 Å². The van der Waals surface area contributed by atoms with E-state index in [1.165, 1.54) is 12.1 Å². The van der Waals surface area contributed by atoms with Crippen molar-refractivity contribution in [2.24, 2.45) is 0 Å². The van der Waals surface area contributed by atoms with Gasteiger partial charge in [0.1, 0.15) is 11.5 Å². The van der Waals surface area contributed by atoms with Gasteiger partial charge in [0.05, 0.1) is 0 Å². The monoisotopic (exact) mass is 326 g/mol. The summed E-state index contributed by atoms with van der Waals surface area (Å²) in [6, 6.07) is 9.94. The molecule has 2 aromatic rings. The first-order chi connectivity index (χ1) is 11.4. The number of phenolic OH excluding ortho intramolecular Hbond substituents is 1. The third kappa shape index (κ3) is 4.46. The molecule has 0 saturated carbocycles. The van der Waals surface area contributed by atoms with E-state index >= 15 is 0 Å². The van der Waals surface area contributed by atoms with Crippen LogP contribution in [0.25, 0.3) is 6.08 Å². The molecule has 0 atom stereocenters. The molecule has 0 unspecified atom stereocenters. The number of rotatable bonds is 6. The topological polar surface area (TPSA) is 83.8 Å². The summed E-state index contributed by atoms with van der Waals surface area (Å²) < 4.78 is 5.06. The number of carboxylic acid groups (broad SMARTS) is 1. The van der Waals surface area contributed by atoms with Crippen molar-refractivity contribution in [3.05, 3.63) is 64.7 Å². The van der Waals surface area contributed by atoms with Gasteiger partial charge in [-0.15, -0.1) is 0 Å². The summed E-state index contributed by atoms with van der Waals surface area (Å²) in [6.45, 7) is 3.13. The summed E-state index contributed by atoms with van der Waals surface area (Å²) in [5.41, 5.74) is 2.70. The highest BCUT2D eigenvalue weighted by Crippen LogP contribution is 2.23. The third-order valence-electron chi connectivity index (χ3n) is 3.42. The van der Waals surface area contributed by atoms with Crippen LogP contribution in [0.1, 0.15) is 27.0 Å². The number of aliphatic carboxylic acids is 1. The number of ketones is 1. The highest BCUT2D eigenvalue weighted by Gasteiger charge is 2.06. The summed E-state index contributed by atoms with van der Waals surface area (Å²) in [6.07, 6.45) is 3.11. The predicted molar refractivity (Wildman–Crippen MR) is 90.5 cm³/mol. The van der Waals surface area contributed by atoms with Crippen LogP contribution in [0.15, 0.2) is 42.5 Å². The molecule has 0 aliphatic carbocycles. The fraction of sp³-hybridized carbons (Fsp3) is 0.158. The molecule has 124 valence electrons. The average Bonchev–Trinajstić information content (AvgIpc) is 2.55. The van der Waals surface area contributed by atoms with Gasteiger partial charge in [-0.3, -0.25) is 4.79 Å². The van der Waals surface area contributed by atoms with E-state index in [9.17, 15) is 14.7 Å². The molecule has 0 aliphatic rings. The van der Waals surface area contributed by atoms with E-state index in [0.717, 1.165) is 16.7 Å². The van der Waals surface area contributed by atoms with E-state index in [-0.39, 0.29) is 11.5 Å². The Kier molecular flexibility index (Phi) is 5.37. The van der Waals surface area contributed by atoms with Crippen molar-refractivity contribution >= 4 is 17.8 Å². The van der Waals surface area contributed by atoms with E-state index in [4.69, 9.17) is 9.84 Å². The number of carbonyl (C=O) groups is 2. The van der Waals surface area contributed by atoms with Gasteiger partial charge in [-0.05, 0) is 60.9 Å². The maximum Gasteiger partial charge on any atom is 0.341 e. The number of ether oxygens (including phenoxy) is 1. The highest BCUT2D eigenvalue weighted by molar-refractivity contribution is 6.07. The predicted octanol–water partition coefficient (Wildman–Crippen LogP) is 3.37. The van der Waals surface area contributed by atoms with E-state index < -0.39 is 12.6 Å². The second-order valence-electron chi connectivity index (χ2n) is 5.41. The van der Waals surface area contributed by atoms with Crippen LogP contribution in [0.4, 0.5) is 0 Å². The lowest BCUT2D eigenvalue weighted by molar-refractivity contribution is -0.139. The molecule has 0 radical (unpaired) electrons. The molecule has 0 aromatic heterocycles. The van der Waals surface area contributed by atoms with Gasteiger partial charge in [0.25, 0.3) is 0 Å². The van der Waals surface area contributed by atoms with Gasteiger partial charge in [-0.2, -0.15) is 0 Å². The molecule has 5 nitrogen and oxygen atoms in total. The lowest BCUT2D eigenvalue weighted by Gasteiger charge is -2.05. The lowest BCUT2D eigenvalue weighted by Crippen LogP contribution is -2.09. The summed E-state index contributed by atoms with van der Waals surface area (Å²) >= 11 is 0. The van der Waals surface area contributed by atoms with Crippen LogP contribution in [-0.2, 0) is 4.79 Å². The molecular formula is C19H18O5. The number of aromatic hydroxyl groups is 1. The molecule has 0 bridgehead atoms. The number of hydrogen-bond donors (Lipinski definition) is 2. The van der Waals surface area contributed by atoms with Crippen LogP contribution in [0.3, 0.4) is 0 Å². The standard InChI is InChI=1S/C19H18O5/c1-12-8-14(9-13(2)19(12)23)6-7-17(20)15-4-3-5-16(10-15)24-11-18(21)22/h3-10,23H,11H2,1-2H3,(H,21,22)/b7-6+. The number of phenols is 1. The van der Waals surface area contributed by atoms with Crippen molar-refractivity contribution < 1.29 is 24.5 Å². The molecule has 0 saturated heterocycles. The van der Waals surface area contributed by atoms with Crippen LogP contribution < -0.4 is 4.74 Å². The van der Waals surface area contributed by atoms with Gasteiger partial charge in [0.2, 0.25) is 0 Å². The Morgan fingerprint density at radius 2 is 1.79 bits per heavy atom. The molecule has 0 fully saturated rings. The first kappa shape index (κ1) is 17.3. The molecule has 2 N–H and O–H groups in total. The lowest BCUT2D eigenvalue weighted by atomic mass is 10.0. The minimum atomic E-state index is -1.08. The van der Waals surface area contributed by atoms with Crippen LogP contribution >= 0.6 is 0 Å². The normalized spacial score (nSPS) is 10.8. The molecule has 0 amide bonds. The quantitative estimate of drug-likeness (QED) is 0.628. The SMILES string of the molecule is Cc1cc(/C=C/C(=O)c2cccc(OCC(=O)O)c2)cc(C)c1O. The number of hydrogen-bond acceptors (Lipinski definition) is 4. The maximum atomic E-state index is 12.2. The first-order valence-electron chi connectivity index (χ1n) is 7.34. The van der Waals surface area contributed by atoms with Gasteiger partial charge in [0.15, 0.2) is 12.4 Å². The number of carbonyl (C=O) groups excluding carboxylic acids is 1. The molecule has 5 heteroatoms. The fourth-order valence-corrected chi connectivity index (χ4v) is 2.24. The van der Waals surface area contributed by atoms with E-state index in [1.807, 2.05) is 0 Å². The van der Waals surface area contributed by atoms with Crippen molar-refractivity contribution in [1.29, 1.82) is 0 Å². The number of allylic oxidation sites excluding steroid dienone is 1. The second kappa shape index (κ2) is 7.46. The van der Waals surface area contributed by atoms with Crippen LogP contribution in [0, 0.1) is 13.8 Å². The van der Waals surface area contributed by atoms with Crippen LogP contribution in [-0.4, -0.2) is 28.6 Å². The Labute approximate surface area is 139 Å². The Morgan fingerprint density at radius 1 is 1.12 bits per heavy atom. The van der Waals surface area contributed by atoms with Crippen molar-refractivity contribution in [3.63, 3.8) is 0 Å². The van der Waals surface area contributed by atoms with Crippen molar-refractivity contribution in [2.45, 2.75) is 13.8 Å². The summed E-state index contributed by atoms with van der Waals surface area (Å²) in [7, 11) is 0. The molecule has 24 heavy (non-hydrogen) atoms. The third-order valence-corrected chi connectivity index (χ3v) is 3.42. The van der Waals surface area contributed by atoms with Gasteiger partial charge in [-0.25, -0.2) is 4.79 Å². The average molecular weight is 326 g/mol. The molecule has 0 aliphatic heterocycles. The largest absolute Gasteiger partial charge is 0.507 e. The summed E-state index contributed by atoms with van der Waals surface area (Å²) in [4.78, 5) is 22.7. The van der Waals surface area contributed by atoms with E-state index in [2.05, 4.69) is 0 Å². The van der Waals surface area contributed by atoms with E-state index in [0.29, 0.717) is 11.3 Å². The fourth-order valence-electron chi connectivity index (χ4n) is 2.24. The van der Waals surface area contributed by atoms with Gasteiger partial charge >= 0.3 is 5.97 Å². The zero-order valence-electron chi connectivity index (χ0n) is 13.4. The van der Waals surface area contributed by atoms with Crippen LogP contribution in [0.5, 0.6) is 11.5 Å². The molecular weight excluding hydrogens is 308 g/mol. The molecule has 0 heterocycles. The Bertz CT molecular complexity index is 782. The van der Waals surface area contributed by atoms with Crippen molar-refractivity contribution in [2.75, 3.05) is 6.61 Å². The van der Waals surface area contributed by atoms with Gasteiger partial charge < -0.3 is 14.9 Å². The van der Waals surface area contributed by atoms with Crippen molar-refractivity contribution in [1.82, 2.24) is 0 Å². The minimum Gasteiger partial charge on any atom is -0.507 e. The molecule has 2 aromatic carbocycles. The smallest absolute Gasteiger partial charge is 0.341 e. The highest BCUT2D eigenvalue weighted by atomic mass is 16.5. The van der Waals surface area contributed by atoms with E-state index in [1.54, 1.807) is 50.3 Å². The zero-order chi connectivity index (χ0) is 17.7. The summed E-state index contributed by atoms with van der Waals surface area (Å²) in [5.74, 6) is -0.724. The molecule has 0 spiro atoms. The minimum absolute atomic E-state index is 0.223. The Hall–Kier alpha value is -3.08. The number of carboxylic acids is 1. The van der Waals surface area contributed by atoms with Gasteiger partial charge in [-0.1, -0.05) is 18.2 Å².